The van der Waals surface area contributed by atoms with Gasteiger partial charge in [-0.25, -0.2) is 0 Å². The number of carbonyl (C=O) groups excluding carboxylic acids is 1. The SMILES string of the molecule is C=C/C(=C\C(Br)=C/C)CCCNC.CC.O=CC(F)(F)F. The summed E-state index contributed by atoms with van der Waals surface area (Å²) in [5.41, 5.74) is 1.28. The molecule has 0 saturated heterocycles. The highest BCUT2D eigenvalue weighted by Crippen LogP contribution is 2.14. The first kappa shape index (κ1) is 25.1. The molecule has 0 rings (SSSR count). The van der Waals surface area contributed by atoms with Crippen LogP contribution >= 0.6 is 15.9 Å². The Balaban J connectivity index is -0.000000339. The molecule has 1 N–H and O–H groups in total. The number of allylic oxidation sites excluding steroid dienone is 5. The number of halogens is 4. The maximum atomic E-state index is 10.4. The van der Waals surface area contributed by atoms with Crippen molar-refractivity contribution in [2.45, 2.75) is 39.8 Å². The lowest BCUT2D eigenvalue weighted by atomic mass is 10.1. The number of carbonyl (C=O) groups is 1. The van der Waals surface area contributed by atoms with Crippen LogP contribution in [0.3, 0.4) is 0 Å². The smallest absolute Gasteiger partial charge is 0.320 e. The Morgan fingerprint density at radius 2 is 1.81 bits per heavy atom. The van der Waals surface area contributed by atoms with Crippen LogP contribution in [0.5, 0.6) is 0 Å². The van der Waals surface area contributed by atoms with Gasteiger partial charge in [0.1, 0.15) is 0 Å². The van der Waals surface area contributed by atoms with Crippen molar-refractivity contribution in [3.8, 4) is 0 Å². The fourth-order valence-electron chi connectivity index (χ4n) is 0.963. The Morgan fingerprint density at radius 3 is 2.10 bits per heavy atom. The van der Waals surface area contributed by atoms with Crippen LogP contribution in [0.4, 0.5) is 13.2 Å². The molecule has 0 saturated carbocycles. The Bertz CT molecular complexity index is 323. The number of hydrogen-bond acceptors (Lipinski definition) is 2. The molecule has 124 valence electrons. The highest BCUT2D eigenvalue weighted by Gasteiger charge is 2.24. The summed E-state index contributed by atoms with van der Waals surface area (Å²) < 4.78 is 32.4. The van der Waals surface area contributed by atoms with E-state index in [0.29, 0.717) is 0 Å². The quantitative estimate of drug-likeness (QED) is 0.396. The second kappa shape index (κ2) is 17.2. The molecule has 21 heavy (non-hydrogen) atoms. The summed E-state index contributed by atoms with van der Waals surface area (Å²) >= 11 is 3.45. The van der Waals surface area contributed by atoms with E-state index in [9.17, 15) is 13.2 Å². The van der Waals surface area contributed by atoms with Gasteiger partial charge in [-0.2, -0.15) is 13.2 Å². The Morgan fingerprint density at radius 1 is 1.33 bits per heavy atom. The van der Waals surface area contributed by atoms with Gasteiger partial charge in [-0.3, -0.25) is 4.79 Å². The third-order valence-corrected chi connectivity index (χ3v) is 2.57. The predicted molar refractivity (Wildman–Crippen MR) is 87.6 cm³/mol. The Kier molecular flexibility index (Phi) is 20.5. The molecule has 0 aliphatic carbocycles. The molecular formula is C15H25BrF3NO. The molecule has 0 amide bonds. The lowest BCUT2D eigenvalue weighted by molar-refractivity contribution is -0.156. The van der Waals surface area contributed by atoms with Crippen molar-refractivity contribution in [1.82, 2.24) is 5.32 Å². The number of rotatable bonds is 6. The predicted octanol–water partition coefficient (Wildman–Crippen LogP) is 5.17. The Hall–Kier alpha value is -0.880. The van der Waals surface area contributed by atoms with Gasteiger partial charge in [-0.15, -0.1) is 0 Å². The van der Waals surface area contributed by atoms with Gasteiger partial charge in [-0.1, -0.05) is 48.5 Å². The molecule has 0 aliphatic rings. The summed E-state index contributed by atoms with van der Waals surface area (Å²) in [7, 11) is 1.97. The van der Waals surface area contributed by atoms with Gasteiger partial charge in [0.25, 0.3) is 0 Å². The third-order valence-electron chi connectivity index (χ3n) is 1.89. The van der Waals surface area contributed by atoms with Crippen molar-refractivity contribution >= 4 is 22.2 Å². The van der Waals surface area contributed by atoms with Crippen LogP contribution in [-0.4, -0.2) is 26.1 Å². The average molecular weight is 372 g/mol. The van der Waals surface area contributed by atoms with E-state index >= 15 is 0 Å². The van der Waals surface area contributed by atoms with E-state index in [0.717, 1.165) is 23.9 Å². The molecule has 0 aromatic heterocycles. The molecule has 0 atom stereocenters. The molecule has 0 fully saturated rings. The first-order valence-electron chi connectivity index (χ1n) is 6.63. The van der Waals surface area contributed by atoms with E-state index in [1.165, 1.54) is 5.57 Å². The van der Waals surface area contributed by atoms with Gasteiger partial charge in [0.15, 0.2) is 0 Å². The van der Waals surface area contributed by atoms with Crippen molar-refractivity contribution in [3.63, 3.8) is 0 Å². The third kappa shape index (κ3) is 24.5. The fourth-order valence-corrected chi connectivity index (χ4v) is 1.26. The fraction of sp³-hybridized carbons (Fsp3) is 0.533. The topological polar surface area (TPSA) is 29.1 Å². The minimum Gasteiger partial charge on any atom is -0.320 e. The molecule has 0 spiro atoms. The molecule has 2 nitrogen and oxygen atoms in total. The lowest BCUT2D eigenvalue weighted by Gasteiger charge is -2.01. The molecule has 0 aromatic carbocycles. The van der Waals surface area contributed by atoms with Gasteiger partial charge in [0.2, 0.25) is 6.29 Å². The van der Waals surface area contributed by atoms with Crippen molar-refractivity contribution in [2.24, 2.45) is 0 Å². The van der Waals surface area contributed by atoms with Gasteiger partial charge in [0.05, 0.1) is 0 Å². The van der Waals surface area contributed by atoms with E-state index in [-0.39, 0.29) is 0 Å². The van der Waals surface area contributed by atoms with Gasteiger partial charge in [0, 0.05) is 4.48 Å². The van der Waals surface area contributed by atoms with Crippen molar-refractivity contribution in [1.29, 1.82) is 0 Å². The van der Waals surface area contributed by atoms with Crippen LogP contribution in [0, 0.1) is 0 Å². The van der Waals surface area contributed by atoms with Crippen molar-refractivity contribution in [2.75, 3.05) is 13.6 Å². The zero-order chi connectivity index (χ0) is 17.3. The summed E-state index contributed by atoms with van der Waals surface area (Å²) in [5.74, 6) is 0. The zero-order valence-corrected chi connectivity index (χ0v) is 14.6. The molecule has 0 aromatic rings. The standard InChI is InChI=1S/C11H18BrN.C2HF3O.C2H6/c1-4-10(7-6-8-13-3)9-11(12)5-2;3-2(4,5)1-6;1-2/h4-5,9,13H,1,6-8H2,2-3H3;1H;1-2H3/b10-9+,11-5+;;. The maximum Gasteiger partial charge on any atom is 0.446 e. The van der Waals surface area contributed by atoms with E-state index in [2.05, 4.69) is 33.9 Å². The normalized spacial score (nSPS) is 11.6. The summed E-state index contributed by atoms with van der Waals surface area (Å²) in [6, 6.07) is 0. The minimum atomic E-state index is -4.64. The highest BCUT2D eigenvalue weighted by atomic mass is 79.9. The molecule has 0 bridgehead atoms. The van der Waals surface area contributed by atoms with Crippen LogP contribution in [0.1, 0.15) is 33.6 Å². The molecular weight excluding hydrogens is 347 g/mol. The molecule has 0 heterocycles. The van der Waals surface area contributed by atoms with Crippen LogP contribution in [0.2, 0.25) is 0 Å². The largest absolute Gasteiger partial charge is 0.446 e. The van der Waals surface area contributed by atoms with Crippen molar-refractivity contribution < 1.29 is 18.0 Å². The molecule has 0 unspecified atom stereocenters. The van der Waals surface area contributed by atoms with Crippen molar-refractivity contribution in [3.05, 3.63) is 34.9 Å². The highest BCUT2D eigenvalue weighted by molar-refractivity contribution is 9.11. The zero-order valence-electron chi connectivity index (χ0n) is 13.1. The summed E-state index contributed by atoms with van der Waals surface area (Å²) in [6.45, 7) is 10.9. The van der Waals surface area contributed by atoms with Crippen LogP contribution in [0.15, 0.2) is 34.9 Å². The summed E-state index contributed by atoms with van der Waals surface area (Å²) in [6.07, 6.45) is 2.59. The number of alkyl halides is 3. The second-order valence-corrected chi connectivity index (χ2v) is 4.38. The van der Waals surface area contributed by atoms with Crippen LogP contribution < -0.4 is 5.32 Å². The number of hydrogen-bond donors (Lipinski definition) is 1. The second-order valence-electron chi connectivity index (χ2n) is 3.46. The average Bonchev–Trinajstić information content (AvgIpc) is 2.48. The first-order chi connectivity index (χ1) is 9.80. The van der Waals surface area contributed by atoms with E-state index < -0.39 is 12.5 Å². The van der Waals surface area contributed by atoms with E-state index in [1.54, 1.807) is 0 Å². The lowest BCUT2D eigenvalue weighted by Crippen LogP contribution is -2.07. The van der Waals surface area contributed by atoms with Gasteiger partial charge < -0.3 is 5.32 Å². The summed E-state index contributed by atoms with van der Waals surface area (Å²) in [5, 5.41) is 3.13. The van der Waals surface area contributed by atoms with E-state index in [4.69, 9.17) is 4.79 Å². The van der Waals surface area contributed by atoms with E-state index in [1.807, 2.05) is 40.0 Å². The molecule has 0 radical (unpaired) electrons. The van der Waals surface area contributed by atoms with Gasteiger partial charge in [-0.05, 0) is 45.0 Å². The monoisotopic (exact) mass is 371 g/mol. The minimum absolute atomic E-state index is 1.05. The Labute approximate surface area is 134 Å². The van der Waals surface area contributed by atoms with Crippen LogP contribution in [0.25, 0.3) is 0 Å². The van der Waals surface area contributed by atoms with Gasteiger partial charge >= 0.3 is 6.18 Å². The molecule has 6 heteroatoms. The molecule has 0 aliphatic heterocycles. The number of nitrogens with one attached hydrogen (secondary N) is 1. The summed E-state index contributed by atoms with van der Waals surface area (Å²) in [4.78, 5) is 8.70. The number of aldehydes is 1. The van der Waals surface area contributed by atoms with Crippen LogP contribution in [-0.2, 0) is 4.79 Å². The maximum absolute atomic E-state index is 10.4. The first-order valence-corrected chi connectivity index (χ1v) is 7.42.